The van der Waals surface area contributed by atoms with Gasteiger partial charge in [-0.05, 0) is 42.5 Å². The predicted molar refractivity (Wildman–Crippen MR) is 125 cm³/mol. The number of rotatable bonds is 7. The standard InChI is InChI=1S/C22H22F3N3O5S2/c1-31-16-5-8-20(32-2)18(13-16)19-14-34-21(26-19)27-9-11-28(12-10-27)35(29,30)17-6-3-15(4-7-17)33-22(23,24)25/h3-8,13-14H,9-12H2,1-2H3. The molecule has 8 nitrogen and oxygen atoms in total. The highest BCUT2D eigenvalue weighted by Gasteiger charge is 2.32. The number of benzene rings is 2. The SMILES string of the molecule is COc1ccc(OC)c(-c2csc(N3CCN(S(=O)(=O)c4ccc(OC(F)(F)F)cc4)CC3)n2)c1. The number of ether oxygens (including phenoxy) is 3. The minimum Gasteiger partial charge on any atom is -0.497 e. The molecule has 3 aromatic rings. The molecule has 0 saturated carbocycles. The van der Waals surface area contributed by atoms with Crippen LogP contribution in [0.25, 0.3) is 11.3 Å². The summed E-state index contributed by atoms with van der Waals surface area (Å²) in [6.07, 6.45) is -4.84. The average Bonchev–Trinajstić information content (AvgIpc) is 3.33. The quantitative estimate of drug-likeness (QED) is 0.453. The first-order valence-corrected chi connectivity index (χ1v) is 12.7. The second-order valence-corrected chi connectivity index (χ2v) is 10.3. The van der Waals surface area contributed by atoms with Crippen molar-refractivity contribution in [2.75, 3.05) is 45.3 Å². The van der Waals surface area contributed by atoms with E-state index in [1.165, 1.54) is 15.6 Å². The average molecular weight is 530 g/mol. The van der Waals surface area contributed by atoms with Crippen molar-refractivity contribution in [3.8, 4) is 28.5 Å². The van der Waals surface area contributed by atoms with Gasteiger partial charge in [0.2, 0.25) is 10.0 Å². The van der Waals surface area contributed by atoms with Crippen molar-refractivity contribution in [2.24, 2.45) is 0 Å². The van der Waals surface area contributed by atoms with Crippen LogP contribution in [0.1, 0.15) is 0 Å². The Labute approximate surface area is 204 Å². The molecule has 1 aliphatic rings. The van der Waals surface area contributed by atoms with Gasteiger partial charge in [0, 0.05) is 37.1 Å². The summed E-state index contributed by atoms with van der Waals surface area (Å²) < 4.78 is 78.8. The fraction of sp³-hybridized carbons (Fsp3) is 0.318. The zero-order chi connectivity index (χ0) is 25.2. The maximum Gasteiger partial charge on any atom is 0.573 e. The topological polar surface area (TPSA) is 81.2 Å². The molecule has 1 fully saturated rings. The number of hydrogen-bond donors (Lipinski definition) is 0. The Kier molecular flexibility index (Phi) is 7.10. The summed E-state index contributed by atoms with van der Waals surface area (Å²) in [5.41, 5.74) is 1.51. The third kappa shape index (κ3) is 5.63. The van der Waals surface area contributed by atoms with E-state index in [0.717, 1.165) is 40.7 Å². The molecule has 0 N–H and O–H groups in total. The monoisotopic (exact) mass is 529 g/mol. The summed E-state index contributed by atoms with van der Waals surface area (Å²) in [6.45, 7) is 1.24. The van der Waals surface area contributed by atoms with Crippen LogP contribution in [0.2, 0.25) is 0 Å². The molecule has 1 saturated heterocycles. The first kappa shape index (κ1) is 25.1. The van der Waals surface area contributed by atoms with E-state index in [1.807, 2.05) is 16.3 Å². The Morgan fingerprint density at radius 3 is 2.20 bits per heavy atom. The number of piperazine rings is 1. The van der Waals surface area contributed by atoms with Gasteiger partial charge >= 0.3 is 6.36 Å². The largest absolute Gasteiger partial charge is 0.573 e. The van der Waals surface area contributed by atoms with Crippen LogP contribution in [0.15, 0.2) is 52.7 Å². The summed E-state index contributed by atoms with van der Waals surface area (Å²) in [7, 11) is -0.702. The second-order valence-electron chi connectivity index (χ2n) is 7.49. The summed E-state index contributed by atoms with van der Waals surface area (Å²) in [4.78, 5) is 6.61. The Hall–Kier alpha value is -3.03. The van der Waals surface area contributed by atoms with E-state index in [9.17, 15) is 21.6 Å². The van der Waals surface area contributed by atoms with Gasteiger partial charge < -0.3 is 19.1 Å². The molecule has 35 heavy (non-hydrogen) atoms. The number of hydrogen-bond acceptors (Lipinski definition) is 8. The summed E-state index contributed by atoms with van der Waals surface area (Å²) in [5.74, 6) is 0.853. The zero-order valence-electron chi connectivity index (χ0n) is 18.8. The highest BCUT2D eigenvalue weighted by atomic mass is 32.2. The van der Waals surface area contributed by atoms with Crippen molar-refractivity contribution < 1.29 is 35.8 Å². The molecule has 0 spiro atoms. The number of methoxy groups -OCH3 is 2. The number of alkyl halides is 3. The highest BCUT2D eigenvalue weighted by molar-refractivity contribution is 7.89. The van der Waals surface area contributed by atoms with Crippen LogP contribution < -0.4 is 19.1 Å². The Bertz CT molecular complexity index is 1270. The fourth-order valence-electron chi connectivity index (χ4n) is 3.63. The van der Waals surface area contributed by atoms with Gasteiger partial charge in [-0.15, -0.1) is 24.5 Å². The zero-order valence-corrected chi connectivity index (χ0v) is 20.4. The van der Waals surface area contributed by atoms with Gasteiger partial charge in [0.1, 0.15) is 17.2 Å². The molecule has 1 aliphatic heterocycles. The normalized spacial score (nSPS) is 15.2. The molecule has 4 rings (SSSR count). The molecule has 0 bridgehead atoms. The van der Waals surface area contributed by atoms with Gasteiger partial charge in [0.15, 0.2) is 5.13 Å². The molecule has 0 radical (unpaired) electrons. The number of sulfonamides is 1. The number of thiazole rings is 1. The molecule has 2 aromatic carbocycles. The lowest BCUT2D eigenvalue weighted by molar-refractivity contribution is -0.274. The van der Waals surface area contributed by atoms with Gasteiger partial charge in [-0.1, -0.05) is 0 Å². The van der Waals surface area contributed by atoms with Gasteiger partial charge in [-0.25, -0.2) is 13.4 Å². The van der Waals surface area contributed by atoms with Crippen molar-refractivity contribution in [3.63, 3.8) is 0 Å². The molecular formula is C22H22F3N3O5S2. The molecule has 0 aliphatic carbocycles. The minimum atomic E-state index is -4.84. The van der Waals surface area contributed by atoms with Crippen LogP contribution in [-0.4, -0.2) is 64.5 Å². The van der Waals surface area contributed by atoms with Gasteiger partial charge in [0.05, 0.1) is 24.8 Å². The van der Waals surface area contributed by atoms with Crippen molar-refractivity contribution in [1.82, 2.24) is 9.29 Å². The lowest BCUT2D eigenvalue weighted by atomic mass is 10.1. The summed E-state index contributed by atoms with van der Waals surface area (Å²) in [5, 5.41) is 2.65. The van der Waals surface area contributed by atoms with Crippen molar-refractivity contribution >= 4 is 26.5 Å². The van der Waals surface area contributed by atoms with Crippen LogP contribution in [0.3, 0.4) is 0 Å². The van der Waals surface area contributed by atoms with Gasteiger partial charge in [-0.3, -0.25) is 0 Å². The first-order chi connectivity index (χ1) is 16.6. The van der Waals surface area contributed by atoms with E-state index >= 15 is 0 Å². The predicted octanol–water partition coefficient (Wildman–Crippen LogP) is 4.24. The fourth-order valence-corrected chi connectivity index (χ4v) is 5.93. The summed E-state index contributed by atoms with van der Waals surface area (Å²) in [6, 6.07) is 9.63. The third-order valence-corrected chi connectivity index (χ3v) is 8.19. The number of anilines is 1. The van der Waals surface area contributed by atoms with Crippen molar-refractivity contribution in [1.29, 1.82) is 0 Å². The smallest absolute Gasteiger partial charge is 0.497 e. The number of nitrogens with zero attached hydrogens (tertiary/aromatic N) is 3. The Morgan fingerprint density at radius 1 is 0.943 bits per heavy atom. The Balaban J connectivity index is 1.44. The lowest BCUT2D eigenvalue weighted by Crippen LogP contribution is -2.48. The molecule has 0 amide bonds. The number of halogens is 3. The van der Waals surface area contributed by atoms with Crippen LogP contribution in [0.5, 0.6) is 17.2 Å². The van der Waals surface area contributed by atoms with Crippen molar-refractivity contribution in [3.05, 3.63) is 47.8 Å². The van der Waals surface area contributed by atoms with Crippen LogP contribution in [0, 0.1) is 0 Å². The third-order valence-electron chi connectivity index (χ3n) is 5.38. The first-order valence-electron chi connectivity index (χ1n) is 10.4. The van der Waals surface area contributed by atoms with Gasteiger partial charge in [-0.2, -0.15) is 4.31 Å². The van der Waals surface area contributed by atoms with E-state index in [2.05, 4.69) is 4.74 Å². The van der Waals surface area contributed by atoms with Crippen molar-refractivity contribution in [2.45, 2.75) is 11.3 Å². The molecular weight excluding hydrogens is 507 g/mol. The molecule has 13 heteroatoms. The molecule has 0 unspecified atom stereocenters. The van der Waals surface area contributed by atoms with E-state index in [0.29, 0.717) is 24.6 Å². The van der Waals surface area contributed by atoms with E-state index < -0.39 is 22.1 Å². The maximum atomic E-state index is 13.0. The van der Waals surface area contributed by atoms with E-state index in [1.54, 1.807) is 26.4 Å². The molecule has 0 atom stereocenters. The van der Waals surface area contributed by atoms with E-state index in [-0.39, 0.29) is 18.0 Å². The molecule has 1 aromatic heterocycles. The number of aromatic nitrogens is 1. The van der Waals surface area contributed by atoms with E-state index in [4.69, 9.17) is 14.5 Å². The lowest BCUT2D eigenvalue weighted by Gasteiger charge is -2.33. The van der Waals surface area contributed by atoms with Crippen LogP contribution in [0.4, 0.5) is 18.3 Å². The van der Waals surface area contributed by atoms with Crippen LogP contribution in [-0.2, 0) is 10.0 Å². The molecule has 188 valence electrons. The minimum absolute atomic E-state index is 0.0953. The maximum absolute atomic E-state index is 13.0. The second kappa shape index (κ2) is 9.91. The molecule has 2 heterocycles. The summed E-state index contributed by atoms with van der Waals surface area (Å²) >= 11 is 1.44. The van der Waals surface area contributed by atoms with Gasteiger partial charge in [0.25, 0.3) is 0 Å². The Morgan fingerprint density at radius 2 is 1.60 bits per heavy atom. The van der Waals surface area contributed by atoms with Crippen LogP contribution >= 0.6 is 11.3 Å². The highest BCUT2D eigenvalue weighted by Crippen LogP contribution is 2.36.